The van der Waals surface area contributed by atoms with E-state index in [4.69, 9.17) is 4.74 Å². The van der Waals surface area contributed by atoms with Gasteiger partial charge in [0.2, 0.25) is 17.7 Å². The molecule has 6 nitrogen and oxygen atoms in total. The molecule has 16 heavy (non-hydrogen) atoms. The fourth-order valence-electron chi connectivity index (χ4n) is 1.38. The molecule has 1 fully saturated rings. The Morgan fingerprint density at radius 3 is 2.50 bits per heavy atom. The molecule has 0 aliphatic carbocycles. The first-order valence-corrected chi connectivity index (χ1v) is 5.31. The zero-order valence-corrected chi connectivity index (χ0v) is 9.32. The van der Waals surface area contributed by atoms with E-state index >= 15 is 0 Å². The molecular weight excluding hydrogens is 212 g/mol. The van der Waals surface area contributed by atoms with Gasteiger partial charge in [0.1, 0.15) is 13.1 Å². The first-order valence-electron chi connectivity index (χ1n) is 5.31. The minimum atomic E-state index is -0.431. The summed E-state index contributed by atoms with van der Waals surface area (Å²) in [6, 6.07) is 0. The summed E-state index contributed by atoms with van der Waals surface area (Å²) in [7, 11) is 0. The third-order valence-electron chi connectivity index (χ3n) is 2.11. The van der Waals surface area contributed by atoms with E-state index in [1.54, 1.807) is 0 Å². The maximum atomic E-state index is 11.6. The van der Waals surface area contributed by atoms with E-state index < -0.39 is 11.8 Å². The van der Waals surface area contributed by atoms with Crippen LogP contribution in [0.5, 0.6) is 0 Å². The summed E-state index contributed by atoms with van der Waals surface area (Å²) in [5.74, 6) is -1.09. The predicted octanol–water partition coefficient (Wildman–Crippen LogP) is -0.712. The number of hydrogen-bond acceptors (Lipinski definition) is 4. The van der Waals surface area contributed by atoms with E-state index in [0.29, 0.717) is 13.2 Å². The third-order valence-corrected chi connectivity index (χ3v) is 2.11. The Morgan fingerprint density at radius 1 is 1.31 bits per heavy atom. The lowest BCUT2D eigenvalue weighted by Gasteiger charge is -2.25. The summed E-state index contributed by atoms with van der Waals surface area (Å²) in [6.45, 7) is 2.85. The van der Waals surface area contributed by atoms with Gasteiger partial charge in [0, 0.05) is 6.61 Å². The summed E-state index contributed by atoms with van der Waals surface area (Å²) >= 11 is 0. The van der Waals surface area contributed by atoms with Crippen molar-refractivity contribution in [3.8, 4) is 0 Å². The van der Waals surface area contributed by atoms with Gasteiger partial charge in [-0.25, -0.2) is 0 Å². The van der Waals surface area contributed by atoms with Crippen molar-refractivity contribution in [2.75, 3.05) is 26.3 Å². The van der Waals surface area contributed by atoms with Crippen LogP contribution in [0.3, 0.4) is 0 Å². The van der Waals surface area contributed by atoms with Gasteiger partial charge in [0.15, 0.2) is 0 Å². The molecule has 1 rings (SSSR count). The predicted molar refractivity (Wildman–Crippen MR) is 55.5 cm³/mol. The molecule has 1 N–H and O–H groups in total. The van der Waals surface area contributed by atoms with Crippen molar-refractivity contribution in [3.05, 3.63) is 0 Å². The fourth-order valence-corrected chi connectivity index (χ4v) is 1.38. The second-order valence-electron chi connectivity index (χ2n) is 3.58. The molecule has 1 aliphatic heterocycles. The molecule has 3 amide bonds. The van der Waals surface area contributed by atoms with Crippen LogP contribution in [0.25, 0.3) is 0 Å². The first kappa shape index (κ1) is 12.6. The lowest BCUT2D eigenvalue weighted by molar-refractivity contribution is -0.145. The highest BCUT2D eigenvalue weighted by Crippen LogP contribution is 1.99. The van der Waals surface area contributed by atoms with Crippen LogP contribution in [-0.2, 0) is 19.1 Å². The van der Waals surface area contributed by atoms with Gasteiger partial charge in [-0.15, -0.1) is 0 Å². The van der Waals surface area contributed by atoms with Crippen LogP contribution in [-0.4, -0.2) is 48.9 Å². The van der Waals surface area contributed by atoms with Crippen molar-refractivity contribution >= 4 is 17.7 Å². The number of amides is 3. The van der Waals surface area contributed by atoms with Crippen LogP contribution >= 0.6 is 0 Å². The summed E-state index contributed by atoms with van der Waals surface area (Å²) in [5.41, 5.74) is 0. The Bertz CT molecular complexity index is 275. The first-order chi connectivity index (χ1) is 7.63. The lowest BCUT2D eigenvalue weighted by atomic mass is 10.3. The SMILES string of the molecule is CCCOCCC(=O)N1CC(=O)NC(=O)C1. The van der Waals surface area contributed by atoms with Gasteiger partial charge in [0.25, 0.3) is 0 Å². The number of nitrogens with one attached hydrogen (secondary N) is 1. The highest BCUT2D eigenvalue weighted by Gasteiger charge is 2.25. The molecule has 1 heterocycles. The second-order valence-corrected chi connectivity index (χ2v) is 3.58. The van der Waals surface area contributed by atoms with Crippen molar-refractivity contribution in [1.82, 2.24) is 10.2 Å². The molecule has 0 spiro atoms. The molecule has 0 bridgehead atoms. The van der Waals surface area contributed by atoms with Crippen molar-refractivity contribution < 1.29 is 19.1 Å². The van der Waals surface area contributed by atoms with Crippen molar-refractivity contribution in [2.45, 2.75) is 19.8 Å². The fraction of sp³-hybridized carbons (Fsp3) is 0.700. The number of rotatable bonds is 5. The summed E-state index contributed by atoms with van der Waals surface area (Å²) in [6.07, 6.45) is 1.11. The van der Waals surface area contributed by atoms with Crippen LogP contribution in [0.2, 0.25) is 0 Å². The lowest BCUT2D eigenvalue weighted by Crippen LogP contribution is -2.53. The molecule has 0 unspecified atom stereocenters. The van der Waals surface area contributed by atoms with Gasteiger partial charge in [0.05, 0.1) is 13.0 Å². The minimum absolute atomic E-state index is 0.0433. The van der Waals surface area contributed by atoms with E-state index in [2.05, 4.69) is 5.32 Å². The Hall–Kier alpha value is -1.43. The zero-order valence-electron chi connectivity index (χ0n) is 9.32. The van der Waals surface area contributed by atoms with Crippen molar-refractivity contribution in [2.24, 2.45) is 0 Å². The largest absolute Gasteiger partial charge is 0.381 e. The molecule has 0 aromatic carbocycles. The van der Waals surface area contributed by atoms with Crippen LogP contribution in [0, 0.1) is 0 Å². The van der Waals surface area contributed by atoms with Crippen LogP contribution in [0.4, 0.5) is 0 Å². The zero-order chi connectivity index (χ0) is 12.0. The Morgan fingerprint density at radius 2 is 1.94 bits per heavy atom. The smallest absolute Gasteiger partial charge is 0.246 e. The highest BCUT2D eigenvalue weighted by molar-refractivity contribution is 6.02. The number of ether oxygens (including phenoxy) is 1. The topological polar surface area (TPSA) is 75.7 Å². The molecule has 0 radical (unpaired) electrons. The molecule has 0 atom stereocenters. The van der Waals surface area contributed by atoms with Crippen LogP contribution < -0.4 is 5.32 Å². The van der Waals surface area contributed by atoms with Gasteiger partial charge in [-0.1, -0.05) is 6.92 Å². The molecule has 1 saturated heterocycles. The van der Waals surface area contributed by atoms with Crippen LogP contribution in [0.1, 0.15) is 19.8 Å². The second kappa shape index (κ2) is 6.22. The van der Waals surface area contributed by atoms with E-state index in [1.165, 1.54) is 4.90 Å². The molecule has 6 heteroatoms. The normalized spacial score (nSPS) is 16.2. The Balaban J connectivity index is 2.30. The number of imide groups is 1. The quantitative estimate of drug-likeness (QED) is 0.498. The Labute approximate surface area is 93.9 Å². The molecule has 0 aromatic heterocycles. The van der Waals surface area contributed by atoms with E-state index in [-0.39, 0.29) is 25.4 Å². The highest BCUT2D eigenvalue weighted by atomic mass is 16.5. The number of carbonyl (C=O) groups is 3. The maximum Gasteiger partial charge on any atom is 0.246 e. The Kier molecular flexibility index (Phi) is 4.91. The maximum absolute atomic E-state index is 11.6. The van der Waals surface area contributed by atoms with Crippen molar-refractivity contribution in [3.63, 3.8) is 0 Å². The van der Waals surface area contributed by atoms with Crippen molar-refractivity contribution in [1.29, 1.82) is 0 Å². The van der Waals surface area contributed by atoms with Gasteiger partial charge in [-0.2, -0.15) is 0 Å². The van der Waals surface area contributed by atoms with Gasteiger partial charge in [-0.3, -0.25) is 19.7 Å². The molecular formula is C10H16N2O4. The number of hydrogen-bond donors (Lipinski definition) is 1. The standard InChI is InChI=1S/C10H16N2O4/c1-2-4-16-5-3-10(15)12-6-8(13)11-9(14)7-12/h2-7H2,1H3,(H,11,13,14). The third kappa shape index (κ3) is 3.98. The minimum Gasteiger partial charge on any atom is -0.381 e. The molecule has 0 aromatic rings. The van der Waals surface area contributed by atoms with Gasteiger partial charge in [-0.05, 0) is 6.42 Å². The monoisotopic (exact) mass is 228 g/mol. The van der Waals surface area contributed by atoms with E-state index in [9.17, 15) is 14.4 Å². The summed E-state index contributed by atoms with van der Waals surface area (Å²) in [4.78, 5) is 34.8. The molecule has 1 aliphatic rings. The average molecular weight is 228 g/mol. The van der Waals surface area contributed by atoms with Crippen LogP contribution in [0.15, 0.2) is 0 Å². The van der Waals surface area contributed by atoms with Gasteiger partial charge < -0.3 is 9.64 Å². The summed E-state index contributed by atoms with van der Waals surface area (Å²) < 4.78 is 5.16. The van der Waals surface area contributed by atoms with Gasteiger partial charge >= 0.3 is 0 Å². The number of nitrogens with zero attached hydrogens (tertiary/aromatic N) is 1. The average Bonchev–Trinajstić information content (AvgIpc) is 2.22. The number of piperazine rings is 1. The molecule has 90 valence electrons. The van der Waals surface area contributed by atoms with E-state index in [0.717, 1.165) is 6.42 Å². The van der Waals surface area contributed by atoms with E-state index in [1.807, 2.05) is 6.92 Å². The number of carbonyl (C=O) groups excluding carboxylic acids is 3. The molecule has 0 saturated carbocycles. The summed E-state index contributed by atoms with van der Waals surface area (Å²) in [5, 5.41) is 2.14.